The van der Waals surface area contributed by atoms with Crippen LogP contribution in [0.5, 0.6) is 0 Å². The van der Waals surface area contributed by atoms with Crippen molar-refractivity contribution in [1.29, 1.82) is 0 Å². The molecule has 0 aromatic heterocycles. The Kier molecular flexibility index (Phi) is 9.74. The van der Waals surface area contributed by atoms with Crippen molar-refractivity contribution < 1.29 is 4.79 Å². The van der Waals surface area contributed by atoms with Crippen LogP contribution in [0.3, 0.4) is 0 Å². The van der Waals surface area contributed by atoms with E-state index >= 15 is 0 Å². The van der Waals surface area contributed by atoms with Crippen molar-refractivity contribution in [2.75, 3.05) is 26.2 Å². The molecule has 1 rings (SSSR count). The number of amides is 1. The maximum absolute atomic E-state index is 11.0. The second-order valence-corrected chi connectivity index (χ2v) is 4.31. The number of rotatable bonds is 6. The van der Waals surface area contributed by atoms with E-state index in [1.165, 1.54) is 45.3 Å². The van der Waals surface area contributed by atoms with Crippen molar-refractivity contribution >= 4 is 18.3 Å². The van der Waals surface area contributed by atoms with Crippen LogP contribution in [0, 0.1) is 0 Å². The molecule has 0 saturated carbocycles. The Morgan fingerprint density at radius 3 is 2.50 bits per heavy atom. The summed E-state index contributed by atoms with van der Waals surface area (Å²) in [5.41, 5.74) is 0. The first-order valence-electron chi connectivity index (χ1n) is 6.32. The van der Waals surface area contributed by atoms with Crippen molar-refractivity contribution in [1.82, 2.24) is 10.2 Å². The fourth-order valence-electron chi connectivity index (χ4n) is 2.00. The molecule has 1 fully saturated rings. The number of hydrogen-bond donors (Lipinski definition) is 1. The summed E-state index contributed by atoms with van der Waals surface area (Å²) in [4.78, 5) is 13.5. The van der Waals surface area contributed by atoms with E-state index in [4.69, 9.17) is 0 Å². The van der Waals surface area contributed by atoms with Gasteiger partial charge in [0.15, 0.2) is 0 Å². The molecule has 0 radical (unpaired) electrons. The van der Waals surface area contributed by atoms with Crippen LogP contribution in [0.15, 0.2) is 0 Å². The molecule has 1 N–H and O–H groups in total. The average Bonchev–Trinajstić information content (AvgIpc) is 2.29. The minimum Gasteiger partial charge on any atom is -0.356 e. The molecule has 0 atom stereocenters. The lowest BCUT2D eigenvalue weighted by atomic mass is 10.1. The highest BCUT2D eigenvalue weighted by atomic mass is 35.5. The summed E-state index contributed by atoms with van der Waals surface area (Å²) < 4.78 is 0. The van der Waals surface area contributed by atoms with Gasteiger partial charge in [0, 0.05) is 13.0 Å². The van der Waals surface area contributed by atoms with Crippen LogP contribution >= 0.6 is 12.4 Å². The third kappa shape index (κ3) is 7.07. The predicted molar refractivity (Wildman–Crippen MR) is 70.1 cm³/mol. The molecule has 0 unspecified atom stereocenters. The van der Waals surface area contributed by atoms with Crippen LogP contribution in [0.25, 0.3) is 0 Å². The van der Waals surface area contributed by atoms with Gasteiger partial charge in [0.1, 0.15) is 0 Å². The number of carbonyl (C=O) groups is 1. The summed E-state index contributed by atoms with van der Waals surface area (Å²) in [5.74, 6) is 0.174. The molecular formula is C12H25ClN2O. The van der Waals surface area contributed by atoms with Gasteiger partial charge in [0.25, 0.3) is 0 Å². The Balaban J connectivity index is 0.00000225. The SMILES string of the molecule is CCC(=O)NCCCCN1CCCCC1.Cl. The Morgan fingerprint density at radius 1 is 1.19 bits per heavy atom. The quantitative estimate of drug-likeness (QED) is 0.731. The van der Waals surface area contributed by atoms with Crippen LogP contribution in [0.2, 0.25) is 0 Å². The summed E-state index contributed by atoms with van der Waals surface area (Å²) in [5, 5.41) is 2.91. The Bertz CT molecular complexity index is 182. The van der Waals surface area contributed by atoms with Gasteiger partial charge in [-0.2, -0.15) is 0 Å². The lowest BCUT2D eigenvalue weighted by Crippen LogP contribution is -2.31. The smallest absolute Gasteiger partial charge is 0.219 e. The summed E-state index contributed by atoms with van der Waals surface area (Å²) >= 11 is 0. The summed E-state index contributed by atoms with van der Waals surface area (Å²) in [7, 11) is 0. The van der Waals surface area contributed by atoms with E-state index in [9.17, 15) is 4.79 Å². The van der Waals surface area contributed by atoms with Gasteiger partial charge in [0.2, 0.25) is 5.91 Å². The Morgan fingerprint density at radius 2 is 1.88 bits per heavy atom. The third-order valence-electron chi connectivity index (χ3n) is 2.99. The van der Waals surface area contributed by atoms with Crippen LogP contribution in [0.4, 0.5) is 0 Å². The first-order chi connectivity index (χ1) is 7.33. The zero-order chi connectivity index (χ0) is 10.9. The first-order valence-corrected chi connectivity index (χ1v) is 6.32. The average molecular weight is 249 g/mol. The summed E-state index contributed by atoms with van der Waals surface area (Å²) in [6.45, 7) is 6.51. The predicted octanol–water partition coefficient (Wildman–Crippen LogP) is 2.20. The van der Waals surface area contributed by atoms with Crippen molar-refractivity contribution in [2.45, 2.75) is 45.4 Å². The number of halogens is 1. The van der Waals surface area contributed by atoms with Gasteiger partial charge in [-0.05, 0) is 45.3 Å². The molecule has 1 saturated heterocycles. The lowest BCUT2D eigenvalue weighted by Gasteiger charge is -2.26. The van der Waals surface area contributed by atoms with Crippen molar-refractivity contribution in [3.8, 4) is 0 Å². The van der Waals surface area contributed by atoms with Crippen LogP contribution in [0.1, 0.15) is 45.4 Å². The second-order valence-electron chi connectivity index (χ2n) is 4.31. The van der Waals surface area contributed by atoms with E-state index in [1.54, 1.807) is 0 Å². The molecule has 1 amide bonds. The van der Waals surface area contributed by atoms with Gasteiger partial charge in [-0.1, -0.05) is 13.3 Å². The van der Waals surface area contributed by atoms with Gasteiger partial charge in [-0.3, -0.25) is 4.79 Å². The van der Waals surface area contributed by atoms with E-state index in [2.05, 4.69) is 10.2 Å². The van der Waals surface area contributed by atoms with Gasteiger partial charge in [-0.15, -0.1) is 12.4 Å². The van der Waals surface area contributed by atoms with Gasteiger partial charge < -0.3 is 10.2 Å². The summed E-state index contributed by atoms with van der Waals surface area (Å²) in [6, 6.07) is 0. The van der Waals surface area contributed by atoms with Crippen molar-refractivity contribution in [2.24, 2.45) is 0 Å². The molecule has 1 heterocycles. The molecule has 3 nitrogen and oxygen atoms in total. The fraction of sp³-hybridized carbons (Fsp3) is 0.917. The number of nitrogens with zero attached hydrogens (tertiary/aromatic N) is 1. The summed E-state index contributed by atoms with van der Waals surface area (Å²) in [6.07, 6.45) is 7.07. The number of hydrogen-bond acceptors (Lipinski definition) is 2. The molecule has 4 heteroatoms. The van der Waals surface area contributed by atoms with Gasteiger partial charge in [-0.25, -0.2) is 0 Å². The maximum atomic E-state index is 11.0. The molecule has 0 spiro atoms. The van der Waals surface area contributed by atoms with Gasteiger partial charge >= 0.3 is 0 Å². The van der Waals surface area contributed by atoms with E-state index in [1.807, 2.05) is 6.92 Å². The molecular weight excluding hydrogens is 224 g/mol. The van der Waals surface area contributed by atoms with Crippen LogP contribution in [-0.4, -0.2) is 37.0 Å². The molecule has 0 aromatic carbocycles. The maximum Gasteiger partial charge on any atom is 0.219 e. The highest BCUT2D eigenvalue weighted by molar-refractivity contribution is 5.85. The van der Waals surface area contributed by atoms with Crippen LogP contribution < -0.4 is 5.32 Å². The van der Waals surface area contributed by atoms with Crippen LogP contribution in [-0.2, 0) is 4.79 Å². The number of likely N-dealkylation sites (tertiary alicyclic amines) is 1. The number of nitrogens with one attached hydrogen (secondary N) is 1. The van der Waals surface area contributed by atoms with Crippen molar-refractivity contribution in [3.63, 3.8) is 0 Å². The Labute approximate surface area is 105 Å². The zero-order valence-electron chi connectivity index (χ0n) is 10.3. The van der Waals surface area contributed by atoms with E-state index < -0.39 is 0 Å². The Hall–Kier alpha value is -0.280. The zero-order valence-corrected chi connectivity index (χ0v) is 11.2. The molecule has 1 aliphatic rings. The topological polar surface area (TPSA) is 32.3 Å². The number of carbonyl (C=O) groups excluding carboxylic acids is 1. The molecule has 0 aromatic rings. The fourth-order valence-corrected chi connectivity index (χ4v) is 2.00. The number of piperidine rings is 1. The minimum absolute atomic E-state index is 0. The number of unbranched alkanes of at least 4 members (excludes halogenated alkanes) is 1. The largest absolute Gasteiger partial charge is 0.356 e. The van der Waals surface area contributed by atoms with Gasteiger partial charge in [0.05, 0.1) is 0 Å². The second kappa shape index (κ2) is 9.91. The normalized spacial score (nSPS) is 16.6. The highest BCUT2D eigenvalue weighted by Gasteiger charge is 2.08. The minimum atomic E-state index is 0. The third-order valence-corrected chi connectivity index (χ3v) is 2.99. The molecule has 1 aliphatic heterocycles. The first kappa shape index (κ1) is 15.7. The highest BCUT2D eigenvalue weighted by Crippen LogP contribution is 2.08. The van der Waals surface area contributed by atoms with E-state index in [-0.39, 0.29) is 18.3 Å². The molecule has 0 bridgehead atoms. The monoisotopic (exact) mass is 248 g/mol. The lowest BCUT2D eigenvalue weighted by molar-refractivity contribution is -0.120. The molecule has 16 heavy (non-hydrogen) atoms. The molecule has 0 aliphatic carbocycles. The molecule has 96 valence electrons. The van der Waals surface area contributed by atoms with E-state index in [0.29, 0.717) is 6.42 Å². The van der Waals surface area contributed by atoms with Crippen molar-refractivity contribution in [3.05, 3.63) is 0 Å². The van der Waals surface area contributed by atoms with E-state index in [0.717, 1.165) is 13.0 Å². The standard InChI is InChI=1S/C12H24N2O.ClH/c1-2-12(15)13-8-4-7-11-14-9-5-3-6-10-14;/h2-11H2,1H3,(H,13,15);1H.